The minimum Gasteiger partial charge on any atom is -0.496 e. The van der Waals surface area contributed by atoms with Crippen LogP contribution in [0.4, 0.5) is 5.69 Å². The van der Waals surface area contributed by atoms with Crippen LogP contribution in [0.5, 0.6) is 17.4 Å². The molecule has 0 bridgehead atoms. The zero-order chi connectivity index (χ0) is 17.0. The number of nitro groups is 1. The molecule has 2 rings (SSSR count). The normalized spacial score (nSPS) is 10.0. The number of carbonyl (C=O) groups is 1. The lowest BCUT2D eigenvalue weighted by atomic mass is 10.2. The van der Waals surface area contributed by atoms with Crippen molar-refractivity contribution in [1.82, 2.24) is 4.98 Å². The predicted octanol–water partition coefficient (Wildman–Crippen LogP) is 2.89. The van der Waals surface area contributed by atoms with Crippen LogP contribution in [0.25, 0.3) is 0 Å². The number of benzene rings is 1. The molecule has 0 aliphatic rings. The molecule has 0 amide bonds. The van der Waals surface area contributed by atoms with Gasteiger partial charge in [-0.15, -0.1) is 0 Å². The van der Waals surface area contributed by atoms with Crippen LogP contribution in [0, 0.1) is 17.0 Å². The first-order valence-electron chi connectivity index (χ1n) is 6.52. The zero-order valence-electron chi connectivity index (χ0n) is 12.7. The Bertz CT molecular complexity index is 760. The van der Waals surface area contributed by atoms with Gasteiger partial charge in [0.2, 0.25) is 5.88 Å². The molecule has 8 nitrogen and oxygen atoms in total. The van der Waals surface area contributed by atoms with E-state index < -0.39 is 10.9 Å². The lowest BCUT2D eigenvalue weighted by molar-refractivity contribution is -0.385. The van der Waals surface area contributed by atoms with Gasteiger partial charge in [0.05, 0.1) is 19.1 Å². The zero-order valence-corrected chi connectivity index (χ0v) is 12.7. The second-order valence-corrected chi connectivity index (χ2v) is 4.47. The summed E-state index contributed by atoms with van der Waals surface area (Å²) in [6.07, 6.45) is 0. The Morgan fingerprint density at radius 3 is 2.52 bits per heavy atom. The summed E-state index contributed by atoms with van der Waals surface area (Å²) in [5.74, 6) is 0.321. The van der Waals surface area contributed by atoms with Gasteiger partial charge in [-0.25, -0.2) is 9.78 Å². The van der Waals surface area contributed by atoms with Gasteiger partial charge in [-0.3, -0.25) is 10.1 Å². The number of esters is 1. The first-order chi connectivity index (χ1) is 11.0. The summed E-state index contributed by atoms with van der Waals surface area (Å²) in [5, 5.41) is 10.8. The SMILES string of the molecule is COC(=O)c1ccc(Oc2ccc([N+](=O)[O-])c(C)n2)cc1OC. The van der Waals surface area contributed by atoms with E-state index in [-0.39, 0.29) is 28.6 Å². The van der Waals surface area contributed by atoms with Gasteiger partial charge in [0.15, 0.2) is 0 Å². The van der Waals surface area contributed by atoms with Crippen LogP contribution in [0.15, 0.2) is 30.3 Å². The Morgan fingerprint density at radius 1 is 1.22 bits per heavy atom. The Hall–Kier alpha value is -3.16. The monoisotopic (exact) mass is 318 g/mol. The lowest BCUT2D eigenvalue weighted by Gasteiger charge is -2.10. The van der Waals surface area contributed by atoms with Crippen LogP contribution >= 0.6 is 0 Å². The van der Waals surface area contributed by atoms with E-state index in [4.69, 9.17) is 9.47 Å². The molecule has 2 aromatic rings. The van der Waals surface area contributed by atoms with Gasteiger partial charge in [0.1, 0.15) is 22.8 Å². The van der Waals surface area contributed by atoms with Gasteiger partial charge in [0.25, 0.3) is 5.69 Å². The van der Waals surface area contributed by atoms with Gasteiger partial charge >= 0.3 is 5.97 Å². The molecule has 1 heterocycles. The third-order valence-electron chi connectivity index (χ3n) is 3.03. The topological polar surface area (TPSA) is 101 Å². The van der Waals surface area contributed by atoms with Crippen molar-refractivity contribution in [1.29, 1.82) is 0 Å². The molecule has 0 aliphatic carbocycles. The lowest BCUT2D eigenvalue weighted by Crippen LogP contribution is -2.04. The second-order valence-electron chi connectivity index (χ2n) is 4.47. The number of hydrogen-bond donors (Lipinski definition) is 0. The fraction of sp³-hybridized carbons (Fsp3) is 0.200. The molecule has 0 spiro atoms. The van der Waals surface area contributed by atoms with Crippen molar-refractivity contribution >= 4 is 11.7 Å². The van der Waals surface area contributed by atoms with E-state index in [1.54, 1.807) is 6.07 Å². The molecule has 0 radical (unpaired) electrons. The van der Waals surface area contributed by atoms with Crippen molar-refractivity contribution in [3.05, 3.63) is 51.7 Å². The highest BCUT2D eigenvalue weighted by Crippen LogP contribution is 2.29. The molecule has 1 aromatic heterocycles. The summed E-state index contributed by atoms with van der Waals surface area (Å²) >= 11 is 0. The number of rotatable bonds is 5. The molecule has 0 atom stereocenters. The Labute approximate surface area is 131 Å². The Kier molecular flexibility index (Phi) is 4.75. The Morgan fingerprint density at radius 2 is 1.96 bits per heavy atom. The maximum absolute atomic E-state index is 11.6. The van der Waals surface area contributed by atoms with E-state index in [1.807, 2.05) is 0 Å². The van der Waals surface area contributed by atoms with Gasteiger partial charge in [-0.1, -0.05) is 0 Å². The number of aromatic nitrogens is 1. The molecular formula is C15H14N2O6. The molecule has 0 aliphatic heterocycles. The van der Waals surface area contributed by atoms with Gasteiger partial charge in [-0.2, -0.15) is 0 Å². The Balaban J connectivity index is 2.28. The maximum Gasteiger partial charge on any atom is 0.341 e. The number of ether oxygens (including phenoxy) is 3. The first-order valence-corrected chi connectivity index (χ1v) is 6.52. The molecule has 1 aromatic carbocycles. The molecule has 8 heteroatoms. The van der Waals surface area contributed by atoms with E-state index in [1.165, 1.54) is 45.4 Å². The average molecular weight is 318 g/mol. The maximum atomic E-state index is 11.6. The number of aryl methyl sites for hydroxylation is 1. The third kappa shape index (κ3) is 3.54. The van der Waals surface area contributed by atoms with Gasteiger partial charge in [-0.05, 0) is 19.1 Å². The molecule has 0 fully saturated rings. The highest BCUT2D eigenvalue weighted by atomic mass is 16.6. The number of carbonyl (C=O) groups excluding carboxylic acids is 1. The first kappa shape index (κ1) is 16.2. The van der Waals surface area contributed by atoms with E-state index in [0.29, 0.717) is 5.75 Å². The predicted molar refractivity (Wildman–Crippen MR) is 80.0 cm³/mol. The van der Waals surface area contributed by atoms with E-state index in [2.05, 4.69) is 9.72 Å². The molecule has 0 saturated carbocycles. The fourth-order valence-electron chi connectivity index (χ4n) is 1.91. The van der Waals surface area contributed by atoms with Crippen LogP contribution in [-0.4, -0.2) is 30.1 Å². The highest BCUT2D eigenvalue weighted by molar-refractivity contribution is 5.92. The summed E-state index contributed by atoms with van der Waals surface area (Å²) in [4.78, 5) is 25.9. The molecule has 120 valence electrons. The van der Waals surface area contributed by atoms with Crippen molar-refractivity contribution in [2.24, 2.45) is 0 Å². The van der Waals surface area contributed by atoms with E-state index in [0.717, 1.165) is 0 Å². The second kappa shape index (κ2) is 6.73. The van der Waals surface area contributed by atoms with Crippen LogP contribution < -0.4 is 9.47 Å². The summed E-state index contributed by atoms with van der Waals surface area (Å²) in [6, 6.07) is 7.26. The number of methoxy groups -OCH3 is 2. The number of nitrogens with zero attached hydrogens (tertiary/aromatic N) is 2. The van der Waals surface area contributed by atoms with Crippen molar-refractivity contribution in [2.75, 3.05) is 14.2 Å². The largest absolute Gasteiger partial charge is 0.496 e. The molecule has 0 unspecified atom stereocenters. The minimum atomic E-state index is -0.530. The van der Waals surface area contributed by atoms with Crippen molar-refractivity contribution < 1.29 is 23.9 Å². The van der Waals surface area contributed by atoms with Crippen LogP contribution in [0.3, 0.4) is 0 Å². The summed E-state index contributed by atoms with van der Waals surface area (Å²) < 4.78 is 15.3. The van der Waals surface area contributed by atoms with Crippen molar-refractivity contribution in [3.63, 3.8) is 0 Å². The standard InChI is InChI=1S/C15H14N2O6/c1-9-12(17(19)20)6-7-14(16-9)23-10-4-5-11(15(18)22-3)13(8-10)21-2/h4-8H,1-3H3. The molecule has 0 N–H and O–H groups in total. The quantitative estimate of drug-likeness (QED) is 0.474. The van der Waals surface area contributed by atoms with Crippen LogP contribution in [0.1, 0.15) is 16.1 Å². The smallest absolute Gasteiger partial charge is 0.341 e. The summed E-state index contributed by atoms with van der Waals surface area (Å²) in [7, 11) is 2.69. The number of hydrogen-bond acceptors (Lipinski definition) is 7. The van der Waals surface area contributed by atoms with Crippen LogP contribution in [0.2, 0.25) is 0 Å². The van der Waals surface area contributed by atoms with Crippen LogP contribution in [-0.2, 0) is 4.74 Å². The third-order valence-corrected chi connectivity index (χ3v) is 3.03. The fourth-order valence-corrected chi connectivity index (χ4v) is 1.91. The number of pyridine rings is 1. The molecule has 23 heavy (non-hydrogen) atoms. The van der Waals surface area contributed by atoms with Crippen molar-refractivity contribution in [2.45, 2.75) is 6.92 Å². The van der Waals surface area contributed by atoms with Gasteiger partial charge in [0, 0.05) is 18.2 Å². The van der Waals surface area contributed by atoms with E-state index >= 15 is 0 Å². The summed E-state index contributed by atoms with van der Waals surface area (Å²) in [6.45, 7) is 1.52. The molecular weight excluding hydrogens is 304 g/mol. The van der Waals surface area contributed by atoms with Crippen molar-refractivity contribution in [3.8, 4) is 17.4 Å². The average Bonchev–Trinajstić information content (AvgIpc) is 2.53. The van der Waals surface area contributed by atoms with E-state index in [9.17, 15) is 14.9 Å². The molecule has 0 saturated heterocycles. The van der Waals surface area contributed by atoms with Gasteiger partial charge < -0.3 is 14.2 Å². The summed E-state index contributed by atoms with van der Waals surface area (Å²) in [5.41, 5.74) is 0.414. The minimum absolute atomic E-state index is 0.0871. The highest BCUT2D eigenvalue weighted by Gasteiger charge is 2.15.